The molecule has 0 radical (unpaired) electrons. The van der Waals surface area contributed by atoms with Crippen molar-refractivity contribution in [1.29, 1.82) is 0 Å². The van der Waals surface area contributed by atoms with Crippen molar-refractivity contribution in [2.75, 3.05) is 25.6 Å². The zero-order chi connectivity index (χ0) is 13.6. The highest BCUT2D eigenvalue weighted by atomic mass is 32.2. The van der Waals surface area contributed by atoms with Crippen LogP contribution in [0.4, 0.5) is 5.69 Å². The number of hydrogen-bond donors (Lipinski definition) is 3. The number of primary sulfonamides is 1. The van der Waals surface area contributed by atoms with E-state index in [9.17, 15) is 8.42 Å². The van der Waals surface area contributed by atoms with E-state index in [0.29, 0.717) is 13.2 Å². The molecular weight excluding hydrogens is 254 g/mol. The van der Waals surface area contributed by atoms with Crippen molar-refractivity contribution < 1.29 is 13.2 Å². The minimum atomic E-state index is -3.64. The van der Waals surface area contributed by atoms with Crippen LogP contribution in [0.5, 0.6) is 0 Å². The molecular formula is C11H19N3O3S. The van der Waals surface area contributed by atoms with Crippen LogP contribution in [0, 0.1) is 0 Å². The van der Waals surface area contributed by atoms with Crippen molar-refractivity contribution >= 4 is 15.7 Å². The summed E-state index contributed by atoms with van der Waals surface area (Å²) >= 11 is 0. The molecule has 7 heteroatoms. The highest BCUT2D eigenvalue weighted by Crippen LogP contribution is 2.14. The van der Waals surface area contributed by atoms with Gasteiger partial charge < -0.3 is 15.8 Å². The lowest BCUT2D eigenvalue weighted by Crippen LogP contribution is -2.27. The van der Waals surface area contributed by atoms with E-state index >= 15 is 0 Å². The summed E-state index contributed by atoms with van der Waals surface area (Å²) in [6.45, 7) is 1.09. The molecule has 0 aliphatic carbocycles. The molecule has 6 nitrogen and oxygen atoms in total. The van der Waals surface area contributed by atoms with Crippen molar-refractivity contribution in [2.45, 2.75) is 17.4 Å². The molecule has 0 aliphatic rings. The minimum absolute atomic E-state index is 0.0927. The fraction of sp³-hybridized carbons (Fsp3) is 0.455. The number of rotatable bonds is 7. The first-order valence-corrected chi connectivity index (χ1v) is 7.10. The molecule has 1 aromatic rings. The summed E-state index contributed by atoms with van der Waals surface area (Å²) in [4.78, 5) is 0.0927. The van der Waals surface area contributed by atoms with Gasteiger partial charge in [0.2, 0.25) is 10.0 Å². The van der Waals surface area contributed by atoms with E-state index in [2.05, 4.69) is 5.32 Å². The first-order valence-electron chi connectivity index (χ1n) is 5.55. The summed E-state index contributed by atoms with van der Waals surface area (Å²) in [5.41, 5.74) is 6.31. The highest BCUT2D eigenvalue weighted by Gasteiger charge is 2.09. The third-order valence-corrected chi connectivity index (χ3v) is 3.37. The van der Waals surface area contributed by atoms with Gasteiger partial charge in [0.1, 0.15) is 0 Å². The van der Waals surface area contributed by atoms with E-state index in [1.165, 1.54) is 12.1 Å². The number of anilines is 1. The molecule has 0 aromatic heterocycles. The van der Waals surface area contributed by atoms with E-state index in [4.69, 9.17) is 15.6 Å². The number of hydrogen-bond acceptors (Lipinski definition) is 5. The van der Waals surface area contributed by atoms with E-state index in [0.717, 1.165) is 12.1 Å². The summed E-state index contributed by atoms with van der Waals surface area (Å²) in [5.74, 6) is 0. The molecule has 0 aliphatic heterocycles. The Bertz CT molecular complexity index is 453. The molecule has 5 N–H and O–H groups in total. The average Bonchev–Trinajstić information content (AvgIpc) is 2.29. The van der Waals surface area contributed by atoms with Crippen molar-refractivity contribution in [3.63, 3.8) is 0 Å². The van der Waals surface area contributed by atoms with Gasteiger partial charge in [-0.15, -0.1) is 0 Å². The first kappa shape index (κ1) is 14.9. The lowest BCUT2D eigenvalue weighted by molar-refractivity contribution is 0.183. The Balaban J connectivity index is 2.73. The van der Waals surface area contributed by atoms with Gasteiger partial charge >= 0.3 is 0 Å². The Morgan fingerprint density at radius 3 is 2.39 bits per heavy atom. The third kappa shape index (κ3) is 4.61. The molecule has 0 heterocycles. The Morgan fingerprint density at radius 1 is 1.33 bits per heavy atom. The summed E-state index contributed by atoms with van der Waals surface area (Å²) in [6, 6.07) is 6.35. The van der Waals surface area contributed by atoms with Crippen LogP contribution < -0.4 is 16.2 Å². The Morgan fingerprint density at radius 2 is 1.94 bits per heavy atom. The Hall–Kier alpha value is -1.15. The second-order valence-corrected chi connectivity index (χ2v) is 5.50. The maximum absolute atomic E-state index is 11.1. The minimum Gasteiger partial charge on any atom is -0.383 e. The van der Waals surface area contributed by atoms with Gasteiger partial charge in [0.05, 0.1) is 17.5 Å². The van der Waals surface area contributed by atoms with Crippen LogP contribution in [0.3, 0.4) is 0 Å². The van der Waals surface area contributed by atoms with Crippen LogP contribution in [0.25, 0.3) is 0 Å². The van der Waals surface area contributed by atoms with Crippen molar-refractivity contribution in [3.05, 3.63) is 24.3 Å². The van der Waals surface area contributed by atoms with Crippen molar-refractivity contribution in [1.82, 2.24) is 0 Å². The third-order valence-electron chi connectivity index (χ3n) is 2.44. The zero-order valence-corrected chi connectivity index (χ0v) is 11.1. The molecule has 1 unspecified atom stereocenters. The lowest BCUT2D eigenvalue weighted by atomic mass is 10.2. The normalized spacial score (nSPS) is 13.3. The monoisotopic (exact) mass is 273 g/mol. The van der Waals surface area contributed by atoms with Gasteiger partial charge in [0, 0.05) is 12.8 Å². The van der Waals surface area contributed by atoms with Gasteiger partial charge in [-0.25, -0.2) is 13.6 Å². The molecule has 102 valence electrons. The van der Waals surface area contributed by atoms with E-state index in [-0.39, 0.29) is 10.9 Å². The Labute approximate surface area is 107 Å². The SMILES string of the molecule is COCC(CCN)Nc1ccc(S(N)(=O)=O)cc1. The topological polar surface area (TPSA) is 107 Å². The van der Waals surface area contributed by atoms with Crippen LogP contribution >= 0.6 is 0 Å². The zero-order valence-electron chi connectivity index (χ0n) is 10.3. The standard InChI is InChI=1S/C11H19N3O3S/c1-17-8-10(6-7-12)14-9-2-4-11(5-3-9)18(13,15)16/h2-5,10,14H,6-8,12H2,1H3,(H2,13,15,16). The molecule has 0 fully saturated rings. The van der Waals surface area contributed by atoms with Crippen LogP contribution in [-0.4, -0.2) is 34.7 Å². The smallest absolute Gasteiger partial charge is 0.238 e. The number of nitrogens with two attached hydrogens (primary N) is 2. The van der Waals surface area contributed by atoms with Gasteiger partial charge in [0.15, 0.2) is 0 Å². The second-order valence-electron chi connectivity index (χ2n) is 3.94. The first-order chi connectivity index (χ1) is 8.47. The molecule has 1 rings (SSSR count). The fourth-order valence-electron chi connectivity index (χ4n) is 1.58. The molecule has 1 aromatic carbocycles. The largest absolute Gasteiger partial charge is 0.383 e. The second kappa shape index (κ2) is 6.69. The number of ether oxygens (including phenoxy) is 1. The highest BCUT2D eigenvalue weighted by molar-refractivity contribution is 7.89. The quantitative estimate of drug-likeness (QED) is 0.653. The average molecular weight is 273 g/mol. The maximum atomic E-state index is 11.1. The van der Waals surface area contributed by atoms with Gasteiger partial charge in [0.25, 0.3) is 0 Å². The van der Waals surface area contributed by atoms with Crippen LogP contribution in [-0.2, 0) is 14.8 Å². The van der Waals surface area contributed by atoms with Crippen molar-refractivity contribution in [2.24, 2.45) is 10.9 Å². The molecule has 0 saturated carbocycles. The van der Waals surface area contributed by atoms with Gasteiger partial charge in [-0.05, 0) is 37.2 Å². The molecule has 0 spiro atoms. The number of methoxy groups -OCH3 is 1. The van der Waals surface area contributed by atoms with Gasteiger partial charge in [-0.2, -0.15) is 0 Å². The fourth-order valence-corrected chi connectivity index (χ4v) is 2.09. The lowest BCUT2D eigenvalue weighted by Gasteiger charge is -2.18. The molecule has 1 atom stereocenters. The van der Waals surface area contributed by atoms with Crippen LogP contribution in [0.15, 0.2) is 29.2 Å². The Kier molecular flexibility index (Phi) is 5.54. The van der Waals surface area contributed by atoms with E-state index < -0.39 is 10.0 Å². The summed E-state index contributed by atoms with van der Waals surface area (Å²) < 4.78 is 27.3. The number of benzene rings is 1. The maximum Gasteiger partial charge on any atom is 0.238 e. The van der Waals surface area contributed by atoms with Gasteiger partial charge in [-0.1, -0.05) is 0 Å². The molecule has 0 bridgehead atoms. The van der Waals surface area contributed by atoms with Crippen LogP contribution in [0.1, 0.15) is 6.42 Å². The predicted molar refractivity (Wildman–Crippen MR) is 70.8 cm³/mol. The van der Waals surface area contributed by atoms with Crippen LogP contribution in [0.2, 0.25) is 0 Å². The van der Waals surface area contributed by atoms with Gasteiger partial charge in [-0.3, -0.25) is 0 Å². The molecule has 0 saturated heterocycles. The number of sulfonamides is 1. The summed E-state index contributed by atoms with van der Waals surface area (Å²) in [7, 11) is -2.02. The molecule has 18 heavy (non-hydrogen) atoms. The number of nitrogens with one attached hydrogen (secondary N) is 1. The van der Waals surface area contributed by atoms with E-state index in [1.807, 2.05) is 0 Å². The van der Waals surface area contributed by atoms with E-state index in [1.54, 1.807) is 19.2 Å². The summed E-state index contributed by atoms with van der Waals surface area (Å²) in [5, 5.41) is 8.24. The molecule has 0 amide bonds. The summed E-state index contributed by atoms with van der Waals surface area (Å²) in [6.07, 6.45) is 0.769. The van der Waals surface area contributed by atoms with Crippen molar-refractivity contribution in [3.8, 4) is 0 Å². The predicted octanol–water partition coefficient (Wildman–Crippen LogP) is 0.110.